The first kappa shape index (κ1) is 17.8. The molecule has 0 bridgehead atoms. The van der Waals surface area contributed by atoms with E-state index >= 15 is 0 Å². The zero-order chi connectivity index (χ0) is 19.3. The molecule has 0 amide bonds. The molecule has 0 fully saturated rings. The van der Waals surface area contributed by atoms with Gasteiger partial charge in [-0.15, -0.1) is 0 Å². The van der Waals surface area contributed by atoms with E-state index in [0.29, 0.717) is 0 Å². The predicted molar refractivity (Wildman–Crippen MR) is 108 cm³/mol. The van der Waals surface area contributed by atoms with Gasteiger partial charge in [0, 0.05) is 52.9 Å². The lowest BCUT2D eigenvalue weighted by molar-refractivity contribution is -0.699. The molecule has 0 atom stereocenters. The van der Waals surface area contributed by atoms with Gasteiger partial charge in [0.1, 0.15) is 13.1 Å². The number of hydrogen-bond donors (Lipinski definition) is 0. The van der Waals surface area contributed by atoms with Crippen LogP contribution < -0.4 is 9.13 Å². The molecule has 3 aromatic rings. The smallest absolute Gasteiger partial charge is 0.178 e. The van der Waals surface area contributed by atoms with Gasteiger partial charge in [-0.05, 0) is 38.0 Å². The molecule has 3 nitrogen and oxygen atoms in total. The summed E-state index contributed by atoms with van der Waals surface area (Å²) in [5.41, 5.74) is 10.2. The second kappa shape index (κ2) is 6.26. The summed E-state index contributed by atoms with van der Waals surface area (Å²) in [4.78, 5) is 4.86. The topological polar surface area (TPSA) is 20.6 Å². The van der Waals surface area contributed by atoms with Gasteiger partial charge in [0.15, 0.2) is 24.3 Å². The Morgan fingerprint density at radius 2 is 1.70 bits per heavy atom. The number of rotatable bonds is 3. The Morgan fingerprint density at radius 1 is 0.926 bits per heavy atom. The summed E-state index contributed by atoms with van der Waals surface area (Å²) >= 11 is 0. The molecule has 0 spiro atoms. The van der Waals surface area contributed by atoms with Crippen LogP contribution in [0.4, 0.5) is 0 Å². The first-order valence-corrected chi connectivity index (χ1v) is 9.92. The van der Waals surface area contributed by atoms with Crippen LogP contribution in [0.1, 0.15) is 50.1 Å². The quantitative estimate of drug-likeness (QED) is 0.639. The van der Waals surface area contributed by atoms with Crippen molar-refractivity contribution in [2.75, 3.05) is 0 Å². The average molecular weight is 360 g/mol. The lowest BCUT2D eigenvalue weighted by Crippen LogP contribution is -2.37. The van der Waals surface area contributed by atoms with Crippen molar-refractivity contribution < 1.29 is 9.13 Å². The molecule has 3 heteroatoms. The molecule has 138 valence electrons. The molecule has 0 saturated heterocycles. The Balaban J connectivity index is 1.88. The van der Waals surface area contributed by atoms with Crippen molar-refractivity contribution >= 4 is 0 Å². The number of hydrogen-bond acceptors (Lipinski definition) is 1. The number of aryl methyl sites for hydroxylation is 4. The Kier molecular flexibility index (Phi) is 4.14. The summed E-state index contributed by atoms with van der Waals surface area (Å²) in [6, 6.07) is 6.82. The van der Waals surface area contributed by atoms with Crippen molar-refractivity contribution in [1.29, 1.82) is 0 Å². The summed E-state index contributed by atoms with van der Waals surface area (Å²) in [7, 11) is 0. The van der Waals surface area contributed by atoms with Crippen molar-refractivity contribution in [1.82, 2.24) is 4.98 Å². The van der Waals surface area contributed by atoms with E-state index in [2.05, 4.69) is 93.7 Å². The third kappa shape index (κ3) is 2.68. The van der Waals surface area contributed by atoms with Crippen molar-refractivity contribution in [2.24, 2.45) is 0 Å². The zero-order valence-electron chi connectivity index (χ0n) is 17.3. The van der Waals surface area contributed by atoms with E-state index in [1.807, 2.05) is 0 Å². The maximum absolute atomic E-state index is 4.86. The van der Waals surface area contributed by atoms with E-state index in [9.17, 15) is 0 Å². The van der Waals surface area contributed by atoms with Gasteiger partial charge in [0.2, 0.25) is 0 Å². The Bertz CT molecular complexity index is 1050. The molecule has 0 aromatic carbocycles. The summed E-state index contributed by atoms with van der Waals surface area (Å²) in [5.74, 6) is 0. The third-order valence-electron chi connectivity index (χ3n) is 6.12. The zero-order valence-corrected chi connectivity index (χ0v) is 17.3. The minimum Gasteiger partial charge on any atom is -0.256 e. The molecule has 0 saturated carbocycles. The van der Waals surface area contributed by atoms with Gasteiger partial charge >= 0.3 is 0 Å². The number of fused-ring (bicyclic) bond motifs is 3. The lowest BCUT2D eigenvalue weighted by Gasteiger charge is -2.20. The molecule has 27 heavy (non-hydrogen) atoms. The van der Waals surface area contributed by atoms with Crippen LogP contribution in [-0.2, 0) is 18.5 Å². The van der Waals surface area contributed by atoms with Crippen LogP contribution in [0, 0.1) is 13.8 Å². The molecule has 0 N–H and O–H groups in total. The van der Waals surface area contributed by atoms with Crippen molar-refractivity contribution in [3.63, 3.8) is 0 Å². The van der Waals surface area contributed by atoms with Crippen LogP contribution in [0.25, 0.3) is 22.4 Å². The first-order chi connectivity index (χ1) is 12.9. The Hall–Kier alpha value is -2.55. The van der Waals surface area contributed by atoms with Crippen LogP contribution in [0.3, 0.4) is 0 Å². The first-order valence-electron chi connectivity index (χ1n) is 9.92. The summed E-state index contributed by atoms with van der Waals surface area (Å²) < 4.78 is 4.55. The number of pyridine rings is 3. The van der Waals surface area contributed by atoms with Gasteiger partial charge in [0.25, 0.3) is 0 Å². The van der Waals surface area contributed by atoms with Gasteiger partial charge in [-0.1, -0.05) is 13.8 Å². The second-order valence-corrected chi connectivity index (χ2v) is 8.14. The predicted octanol–water partition coefficient (Wildman–Crippen LogP) is 4.29. The number of aromatic nitrogens is 3. The number of nitrogens with zero attached hydrogens (tertiary/aromatic N) is 3. The van der Waals surface area contributed by atoms with Crippen LogP contribution in [-0.4, -0.2) is 4.98 Å². The molecule has 3 aromatic heterocycles. The van der Waals surface area contributed by atoms with E-state index in [-0.39, 0.29) is 5.41 Å². The summed E-state index contributed by atoms with van der Waals surface area (Å²) in [6.07, 6.45) is 8.76. The lowest BCUT2D eigenvalue weighted by atomic mass is 9.82. The fraction of sp³-hybridized carbons (Fsp3) is 0.375. The van der Waals surface area contributed by atoms with E-state index in [1.165, 1.54) is 39.1 Å². The monoisotopic (exact) mass is 359 g/mol. The fourth-order valence-corrected chi connectivity index (χ4v) is 4.38. The molecule has 1 aliphatic rings. The standard InChI is InChI=1S/C24H29N3/c1-7-26-10-9-18(16(3)14-26)23-12-21-20(13-25-23)19-11-17(4)27(8-2)15-22(19)24(21,5)6/h9-15H,7-8H2,1-6H3/q+2. The van der Waals surface area contributed by atoms with E-state index < -0.39 is 0 Å². The highest BCUT2D eigenvalue weighted by Gasteiger charge is 2.38. The van der Waals surface area contributed by atoms with Crippen molar-refractivity contribution in [3.05, 3.63) is 65.4 Å². The van der Waals surface area contributed by atoms with E-state index in [0.717, 1.165) is 18.8 Å². The maximum Gasteiger partial charge on any atom is 0.178 e. The normalized spacial score (nSPS) is 14.1. The van der Waals surface area contributed by atoms with E-state index in [4.69, 9.17) is 4.98 Å². The van der Waals surface area contributed by atoms with Gasteiger partial charge in [-0.3, -0.25) is 4.98 Å². The fourth-order valence-electron chi connectivity index (χ4n) is 4.38. The van der Waals surface area contributed by atoms with Crippen LogP contribution >= 0.6 is 0 Å². The molecular formula is C24H29N3+2. The van der Waals surface area contributed by atoms with Gasteiger partial charge < -0.3 is 0 Å². The minimum absolute atomic E-state index is 0.0149. The highest BCUT2D eigenvalue weighted by atomic mass is 14.9. The van der Waals surface area contributed by atoms with Gasteiger partial charge in [-0.25, -0.2) is 9.13 Å². The van der Waals surface area contributed by atoms with Gasteiger partial charge in [0.05, 0.1) is 5.69 Å². The van der Waals surface area contributed by atoms with Crippen molar-refractivity contribution in [3.8, 4) is 22.4 Å². The van der Waals surface area contributed by atoms with Crippen LogP contribution in [0.2, 0.25) is 0 Å². The van der Waals surface area contributed by atoms with Crippen LogP contribution in [0.15, 0.2) is 43.0 Å². The summed E-state index contributed by atoms with van der Waals surface area (Å²) in [5, 5.41) is 0. The molecule has 4 rings (SSSR count). The second-order valence-electron chi connectivity index (χ2n) is 8.14. The highest BCUT2D eigenvalue weighted by molar-refractivity contribution is 5.81. The van der Waals surface area contributed by atoms with Crippen LogP contribution in [0.5, 0.6) is 0 Å². The van der Waals surface area contributed by atoms with E-state index in [1.54, 1.807) is 0 Å². The molecular weight excluding hydrogens is 330 g/mol. The Morgan fingerprint density at radius 3 is 2.37 bits per heavy atom. The van der Waals surface area contributed by atoms with Crippen molar-refractivity contribution in [2.45, 2.75) is 60.0 Å². The third-order valence-corrected chi connectivity index (χ3v) is 6.12. The molecule has 0 aliphatic heterocycles. The minimum atomic E-state index is -0.0149. The maximum atomic E-state index is 4.86. The van der Waals surface area contributed by atoms with Gasteiger partial charge in [-0.2, -0.15) is 0 Å². The molecule has 0 radical (unpaired) electrons. The molecule has 0 unspecified atom stereocenters. The summed E-state index contributed by atoms with van der Waals surface area (Å²) in [6.45, 7) is 15.4. The molecule has 1 aliphatic carbocycles. The Labute approximate surface area is 162 Å². The molecule has 3 heterocycles. The SMILES string of the molecule is CC[n+]1ccc(-c2cc3c(cn2)-c2cc(C)[n+](CC)cc2C3(C)C)c(C)c1. The average Bonchev–Trinajstić information content (AvgIpc) is 2.87. The largest absolute Gasteiger partial charge is 0.256 e. The highest BCUT2D eigenvalue weighted by Crippen LogP contribution is 2.48.